The molecule has 9 aromatic carbocycles. The van der Waals surface area contributed by atoms with Gasteiger partial charge in [0.15, 0.2) is 17.5 Å². The highest BCUT2D eigenvalue weighted by Crippen LogP contribution is 2.41. The standard InChI is InChI=1S/C51H31N3S/c1-2-13-33(14-3-1)49-52-50(54-51(53-49)39-25-26-43-42-22-8-9-23-46(42)55-47(43)31-39)38-19-11-17-35(29-38)34-16-10-18-37(28-34)48-41-21-7-5-15-36(41)30-45-40-20-6-4-12-32(40)24-27-44(45)48/h1-31H. The molecular formula is C51H31N3S. The Labute approximate surface area is 321 Å². The molecule has 0 fully saturated rings. The van der Waals surface area contributed by atoms with Crippen molar-refractivity contribution in [1.82, 2.24) is 15.0 Å². The van der Waals surface area contributed by atoms with Crippen molar-refractivity contribution in [3.63, 3.8) is 0 Å². The van der Waals surface area contributed by atoms with E-state index in [9.17, 15) is 0 Å². The number of benzene rings is 9. The summed E-state index contributed by atoms with van der Waals surface area (Å²) in [5.41, 5.74) is 7.53. The number of hydrogen-bond acceptors (Lipinski definition) is 4. The third-order valence-electron chi connectivity index (χ3n) is 10.7. The number of thiophene rings is 1. The van der Waals surface area contributed by atoms with Crippen LogP contribution in [0.2, 0.25) is 0 Å². The van der Waals surface area contributed by atoms with Gasteiger partial charge in [0.1, 0.15) is 0 Å². The molecule has 2 heterocycles. The van der Waals surface area contributed by atoms with Crippen molar-refractivity contribution in [3.05, 3.63) is 188 Å². The fraction of sp³-hybridized carbons (Fsp3) is 0. The van der Waals surface area contributed by atoms with Gasteiger partial charge in [0.05, 0.1) is 0 Å². The highest BCUT2D eigenvalue weighted by atomic mass is 32.1. The molecule has 0 unspecified atom stereocenters. The average Bonchev–Trinajstić information content (AvgIpc) is 3.64. The quantitative estimate of drug-likeness (QED) is 0.131. The third-order valence-corrected chi connectivity index (χ3v) is 11.8. The van der Waals surface area contributed by atoms with Crippen molar-refractivity contribution < 1.29 is 0 Å². The molecule has 0 amide bonds. The van der Waals surface area contributed by atoms with Gasteiger partial charge in [0, 0.05) is 36.9 Å². The van der Waals surface area contributed by atoms with Crippen LogP contribution < -0.4 is 0 Å². The van der Waals surface area contributed by atoms with Gasteiger partial charge in [-0.05, 0) is 84.9 Å². The molecular weight excluding hydrogens is 687 g/mol. The molecule has 2 aromatic heterocycles. The zero-order valence-electron chi connectivity index (χ0n) is 29.6. The van der Waals surface area contributed by atoms with E-state index in [1.807, 2.05) is 18.2 Å². The van der Waals surface area contributed by atoms with E-state index in [4.69, 9.17) is 15.0 Å². The summed E-state index contributed by atoms with van der Waals surface area (Å²) in [5, 5.41) is 10.1. The molecule has 0 saturated carbocycles. The Hall–Kier alpha value is -7.01. The maximum absolute atomic E-state index is 5.14. The molecule has 11 aromatic rings. The summed E-state index contributed by atoms with van der Waals surface area (Å²) in [4.78, 5) is 15.2. The highest BCUT2D eigenvalue weighted by molar-refractivity contribution is 7.25. The first-order valence-corrected chi connectivity index (χ1v) is 19.3. The normalized spacial score (nSPS) is 11.6. The minimum atomic E-state index is 0.644. The Morgan fingerprint density at radius 2 is 0.818 bits per heavy atom. The lowest BCUT2D eigenvalue weighted by Crippen LogP contribution is -2.00. The first-order valence-electron chi connectivity index (χ1n) is 18.5. The van der Waals surface area contributed by atoms with Crippen molar-refractivity contribution >= 4 is 63.8 Å². The van der Waals surface area contributed by atoms with Crippen LogP contribution in [0.5, 0.6) is 0 Å². The second kappa shape index (κ2) is 12.8. The SMILES string of the molecule is c1ccc(-c2nc(-c3cccc(-c4cccc(-c5c6ccccc6cc6c5ccc5ccccc56)c4)c3)nc(-c3ccc4c(c3)sc3ccccc34)n2)cc1. The van der Waals surface area contributed by atoms with Crippen LogP contribution in [-0.4, -0.2) is 15.0 Å². The summed E-state index contributed by atoms with van der Waals surface area (Å²) in [6.07, 6.45) is 0. The van der Waals surface area contributed by atoms with Crippen molar-refractivity contribution in [2.75, 3.05) is 0 Å². The van der Waals surface area contributed by atoms with Crippen LogP contribution in [-0.2, 0) is 0 Å². The van der Waals surface area contributed by atoms with Crippen molar-refractivity contribution in [1.29, 1.82) is 0 Å². The molecule has 0 atom stereocenters. The second-order valence-corrected chi connectivity index (χ2v) is 15.1. The monoisotopic (exact) mass is 717 g/mol. The van der Waals surface area contributed by atoms with Crippen LogP contribution in [0.4, 0.5) is 0 Å². The topological polar surface area (TPSA) is 38.7 Å². The Bertz CT molecular complexity index is 3270. The van der Waals surface area contributed by atoms with E-state index in [-0.39, 0.29) is 0 Å². The van der Waals surface area contributed by atoms with Gasteiger partial charge < -0.3 is 0 Å². The van der Waals surface area contributed by atoms with Gasteiger partial charge in [-0.15, -0.1) is 11.3 Å². The van der Waals surface area contributed by atoms with E-state index in [1.165, 1.54) is 63.6 Å². The number of nitrogens with zero attached hydrogens (tertiary/aromatic N) is 3. The molecule has 0 aliphatic heterocycles. The molecule has 0 aliphatic rings. The fourth-order valence-corrected chi connectivity index (χ4v) is 9.18. The van der Waals surface area contributed by atoms with Crippen molar-refractivity contribution in [2.24, 2.45) is 0 Å². The predicted molar refractivity (Wildman–Crippen MR) is 232 cm³/mol. The Kier molecular flexibility index (Phi) is 7.35. The van der Waals surface area contributed by atoms with E-state index in [1.54, 1.807) is 11.3 Å². The van der Waals surface area contributed by atoms with Gasteiger partial charge in [-0.2, -0.15) is 0 Å². The summed E-state index contributed by atoms with van der Waals surface area (Å²) >= 11 is 1.80. The lowest BCUT2D eigenvalue weighted by atomic mass is 9.89. The Balaban J connectivity index is 1.05. The summed E-state index contributed by atoms with van der Waals surface area (Å²) in [5.74, 6) is 1.95. The number of rotatable bonds is 5. The molecule has 0 saturated heterocycles. The van der Waals surface area contributed by atoms with Crippen LogP contribution >= 0.6 is 11.3 Å². The zero-order valence-corrected chi connectivity index (χ0v) is 30.5. The van der Waals surface area contributed by atoms with Gasteiger partial charge in [-0.3, -0.25) is 0 Å². The van der Waals surface area contributed by atoms with Crippen molar-refractivity contribution in [2.45, 2.75) is 0 Å². The molecule has 4 heteroatoms. The van der Waals surface area contributed by atoms with Crippen LogP contribution in [0, 0.1) is 0 Å². The van der Waals surface area contributed by atoms with Crippen LogP contribution in [0.15, 0.2) is 188 Å². The fourth-order valence-electron chi connectivity index (χ4n) is 8.04. The Morgan fingerprint density at radius 3 is 1.62 bits per heavy atom. The maximum Gasteiger partial charge on any atom is 0.164 e. The van der Waals surface area contributed by atoms with Gasteiger partial charge in [0.2, 0.25) is 0 Å². The minimum Gasteiger partial charge on any atom is -0.208 e. The van der Waals surface area contributed by atoms with Gasteiger partial charge in [-0.25, -0.2) is 15.0 Å². The summed E-state index contributed by atoms with van der Waals surface area (Å²) in [6.45, 7) is 0. The van der Waals surface area contributed by atoms with E-state index in [2.05, 4.69) is 170 Å². The molecule has 0 aliphatic carbocycles. The Morgan fingerprint density at radius 1 is 0.273 bits per heavy atom. The van der Waals surface area contributed by atoms with E-state index >= 15 is 0 Å². The van der Waals surface area contributed by atoms with E-state index in [0.717, 1.165) is 27.8 Å². The maximum atomic E-state index is 5.14. The highest BCUT2D eigenvalue weighted by Gasteiger charge is 2.16. The molecule has 0 N–H and O–H groups in total. The van der Waals surface area contributed by atoms with Crippen molar-refractivity contribution in [3.8, 4) is 56.4 Å². The number of hydrogen-bond donors (Lipinski definition) is 0. The lowest BCUT2D eigenvalue weighted by molar-refractivity contribution is 1.07. The molecule has 0 bridgehead atoms. The first kappa shape index (κ1) is 31.5. The van der Waals surface area contributed by atoms with Crippen LogP contribution in [0.1, 0.15) is 0 Å². The number of aromatic nitrogens is 3. The lowest BCUT2D eigenvalue weighted by Gasteiger charge is -2.15. The second-order valence-electron chi connectivity index (χ2n) is 14.0. The van der Waals surface area contributed by atoms with E-state index < -0.39 is 0 Å². The molecule has 256 valence electrons. The summed E-state index contributed by atoms with van der Waals surface area (Å²) in [7, 11) is 0. The summed E-state index contributed by atoms with van der Waals surface area (Å²) in [6, 6.07) is 67.1. The zero-order chi connectivity index (χ0) is 36.3. The predicted octanol–water partition coefficient (Wildman–Crippen LogP) is 14.0. The average molecular weight is 718 g/mol. The van der Waals surface area contributed by atoms with Crippen LogP contribution in [0.25, 0.3) is 109 Å². The van der Waals surface area contributed by atoms with Gasteiger partial charge in [0.25, 0.3) is 0 Å². The van der Waals surface area contributed by atoms with E-state index in [0.29, 0.717) is 17.5 Å². The summed E-state index contributed by atoms with van der Waals surface area (Å²) < 4.78 is 2.50. The number of fused-ring (bicyclic) bond motifs is 7. The largest absolute Gasteiger partial charge is 0.208 e. The molecule has 3 nitrogen and oxygen atoms in total. The molecule has 11 rings (SSSR count). The first-order chi connectivity index (χ1) is 27.2. The molecule has 0 spiro atoms. The van der Waals surface area contributed by atoms with Crippen LogP contribution in [0.3, 0.4) is 0 Å². The van der Waals surface area contributed by atoms with Gasteiger partial charge in [-0.1, -0.05) is 158 Å². The smallest absolute Gasteiger partial charge is 0.164 e. The molecule has 55 heavy (non-hydrogen) atoms. The van der Waals surface area contributed by atoms with Gasteiger partial charge >= 0.3 is 0 Å². The molecule has 0 radical (unpaired) electrons. The third kappa shape index (κ3) is 5.46. The minimum absolute atomic E-state index is 0.644.